The summed E-state index contributed by atoms with van der Waals surface area (Å²) in [5.41, 5.74) is 8.67. The van der Waals surface area contributed by atoms with Crippen molar-refractivity contribution in [3.05, 3.63) is 59.7 Å². The molecule has 0 aliphatic rings. The van der Waals surface area contributed by atoms with E-state index >= 15 is 0 Å². The molecule has 4 heteroatoms. The number of anilines is 2. The lowest BCUT2D eigenvalue weighted by atomic mass is 10.1. The highest BCUT2D eigenvalue weighted by molar-refractivity contribution is 6.00. The first-order valence-corrected chi connectivity index (χ1v) is 6.61. The van der Waals surface area contributed by atoms with E-state index in [1.54, 1.807) is 0 Å². The zero-order chi connectivity index (χ0) is 15.1. The number of nitrogens with one attached hydrogen (secondary N) is 2. The van der Waals surface area contributed by atoms with Crippen LogP contribution in [0.25, 0.3) is 0 Å². The Kier molecular flexibility index (Phi) is 4.97. The van der Waals surface area contributed by atoms with Crippen molar-refractivity contribution in [1.82, 2.24) is 0 Å². The van der Waals surface area contributed by atoms with Gasteiger partial charge in [-0.1, -0.05) is 30.0 Å². The maximum Gasteiger partial charge on any atom is 0.323 e. The Bertz CT molecular complexity index is 684. The minimum atomic E-state index is -0.273. The van der Waals surface area contributed by atoms with E-state index in [2.05, 4.69) is 22.5 Å². The first kappa shape index (κ1) is 14.6. The zero-order valence-electron chi connectivity index (χ0n) is 11.8. The van der Waals surface area contributed by atoms with E-state index in [0.717, 1.165) is 22.5 Å². The van der Waals surface area contributed by atoms with Gasteiger partial charge in [0.2, 0.25) is 0 Å². The molecule has 4 nitrogen and oxygen atoms in total. The van der Waals surface area contributed by atoms with E-state index in [1.807, 2.05) is 55.5 Å². The number of hydrogen-bond donors (Lipinski definition) is 3. The van der Waals surface area contributed by atoms with Gasteiger partial charge in [0.05, 0.1) is 6.54 Å². The summed E-state index contributed by atoms with van der Waals surface area (Å²) < 4.78 is 0. The molecular formula is C17H17N3O. The monoisotopic (exact) mass is 279 g/mol. The average Bonchev–Trinajstić information content (AvgIpc) is 2.48. The molecule has 0 heterocycles. The second kappa shape index (κ2) is 7.13. The van der Waals surface area contributed by atoms with Gasteiger partial charge in [0, 0.05) is 16.9 Å². The highest BCUT2D eigenvalue weighted by Crippen LogP contribution is 2.16. The van der Waals surface area contributed by atoms with Crippen LogP contribution in [0.3, 0.4) is 0 Å². The highest BCUT2D eigenvalue weighted by Gasteiger charge is 2.05. The standard InChI is InChI=1S/C17H17N3O/c1-13-12-14(6-5-11-18)9-10-16(13)20-17(21)19-15-7-3-2-4-8-15/h2-4,7-10,12H,11,18H2,1H3,(H2,19,20,21). The van der Waals surface area contributed by atoms with Crippen LogP contribution in [0.15, 0.2) is 48.5 Å². The van der Waals surface area contributed by atoms with Crippen LogP contribution < -0.4 is 16.4 Å². The van der Waals surface area contributed by atoms with E-state index in [4.69, 9.17) is 5.73 Å². The maximum atomic E-state index is 11.9. The summed E-state index contributed by atoms with van der Waals surface area (Å²) in [5, 5.41) is 5.59. The van der Waals surface area contributed by atoms with Crippen LogP contribution in [0.1, 0.15) is 11.1 Å². The molecule has 4 N–H and O–H groups in total. The molecule has 0 aliphatic heterocycles. The van der Waals surface area contributed by atoms with Crippen molar-refractivity contribution in [2.24, 2.45) is 5.73 Å². The predicted octanol–water partition coefficient (Wildman–Crippen LogP) is 2.95. The lowest BCUT2D eigenvalue weighted by Gasteiger charge is -2.10. The van der Waals surface area contributed by atoms with Crippen molar-refractivity contribution in [2.45, 2.75) is 6.92 Å². The van der Waals surface area contributed by atoms with Crippen LogP contribution in [-0.4, -0.2) is 12.6 Å². The van der Waals surface area contributed by atoms with Gasteiger partial charge >= 0.3 is 6.03 Å². The smallest absolute Gasteiger partial charge is 0.320 e. The molecule has 106 valence electrons. The Morgan fingerprint density at radius 3 is 2.57 bits per heavy atom. The Morgan fingerprint density at radius 2 is 1.90 bits per heavy atom. The number of benzene rings is 2. The number of nitrogens with two attached hydrogens (primary N) is 1. The van der Waals surface area contributed by atoms with Crippen molar-refractivity contribution < 1.29 is 4.79 Å². The summed E-state index contributed by atoms with van der Waals surface area (Å²) in [6, 6.07) is 14.6. The number of aryl methyl sites for hydroxylation is 1. The predicted molar refractivity (Wildman–Crippen MR) is 86.2 cm³/mol. The van der Waals surface area contributed by atoms with Crippen LogP contribution in [0.2, 0.25) is 0 Å². The highest BCUT2D eigenvalue weighted by atomic mass is 16.2. The maximum absolute atomic E-state index is 11.9. The lowest BCUT2D eigenvalue weighted by Crippen LogP contribution is -2.19. The normalized spacial score (nSPS) is 9.43. The molecule has 0 bridgehead atoms. The molecule has 2 aromatic rings. The molecule has 21 heavy (non-hydrogen) atoms. The van der Waals surface area contributed by atoms with Gasteiger partial charge in [-0.3, -0.25) is 0 Å². The number of urea groups is 1. The molecule has 0 fully saturated rings. The third-order valence-electron chi connectivity index (χ3n) is 2.84. The molecule has 2 aromatic carbocycles. The summed E-state index contributed by atoms with van der Waals surface area (Å²) in [5.74, 6) is 5.76. The van der Waals surface area contributed by atoms with Gasteiger partial charge in [-0.2, -0.15) is 0 Å². The van der Waals surface area contributed by atoms with Gasteiger partial charge < -0.3 is 16.4 Å². The van der Waals surface area contributed by atoms with Crippen LogP contribution in [0.4, 0.5) is 16.2 Å². The van der Waals surface area contributed by atoms with Crippen molar-refractivity contribution in [2.75, 3.05) is 17.2 Å². The van der Waals surface area contributed by atoms with Gasteiger partial charge in [0.15, 0.2) is 0 Å². The number of carbonyl (C=O) groups excluding carboxylic acids is 1. The molecule has 0 saturated heterocycles. The van der Waals surface area contributed by atoms with Crippen LogP contribution in [0, 0.1) is 18.8 Å². The number of para-hydroxylation sites is 1. The first-order chi connectivity index (χ1) is 10.2. The van der Waals surface area contributed by atoms with Gasteiger partial charge in [-0.15, -0.1) is 0 Å². The molecule has 0 aliphatic carbocycles. The molecule has 0 radical (unpaired) electrons. The summed E-state index contributed by atoms with van der Waals surface area (Å²) >= 11 is 0. The summed E-state index contributed by atoms with van der Waals surface area (Å²) in [4.78, 5) is 11.9. The molecular weight excluding hydrogens is 262 g/mol. The average molecular weight is 279 g/mol. The van der Waals surface area contributed by atoms with Crippen LogP contribution >= 0.6 is 0 Å². The van der Waals surface area contributed by atoms with Gasteiger partial charge in [-0.25, -0.2) is 4.79 Å². The van der Waals surface area contributed by atoms with E-state index in [1.165, 1.54) is 0 Å². The molecule has 0 atom stereocenters. The fourth-order valence-corrected chi connectivity index (χ4v) is 1.84. The summed E-state index contributed by atoms with van der Waals surface area (Å²) in [6.07, 6.45) is 0. The Morgan fingerprint density at radius 1 is 1.14 bits per heavy atom. The van der Waals surface area contributed by atoms with Crippen LogP contribution in [-0.2, 0) is 0 Å². The molecule has 2 amide bonds. The van der Waals surface area contributed by atoms with Gasteiger partial charge in [0.25, 0.3) is 0 Å². The topological polar surface area (TPSA) is 67.1 Å². The first-order valence-electron chi connectivity index (χ1n) is 6.61. The molecule has 0 aromatic heterocycles. The Hall–Kier alpha value is -2.77. The Balaban J connectivity index is 2.04. The number of rotatable bonds is 2. The third-order valence-corrected chi connectivity index (χ3v) is 2.84. The van der Waals surface area contributed by atoms with E-state index in [9.17, 15) is 4.79 Å². The fourth-order valence-electron chi connectivity index (χ4n) is 1.84. The van der Waals surface area contributed by atoms with Crippen LogP contribution in [0.5, 0.6) is 0 Å². The molecule has 2 rings (SSSR count). The lowest BCUT2D eigenvalue weighted by molar-refractivity contribution is 0.262. The largest absolute Gasteiger partial charge is 0.323 e. The van der Waals surface area contributed by atoms with Crippen molar-refractivity contribution in [3.63, 3.8) is 0 Å². The number of hydrogen-bond acceptors (Lipinski definition) is 2. The minimum Gasteiger partial charge on any atom is -0.320 e. The second-order valence-electron chi connectivity index (χ2n) is 4.48. The SMILES string of the molecule is Cc1cc(C#CCN)ccc1NC(=O)Nc1ccccc1. The molecule has 0 spiro atoms. The van der Waals surface area contributed by atoms with E-state index in [0.29, 0.717) is 6.54 Å². The zero-order valence-corrected chi connectivity index (χ0v) is 11.8. The summed E-state index contributed by atoms with van der Waals surface area (Å²) in [6.45, 7) is 2.25. The second-order valence-corrected chi connectivity index (χ2v) is 4.48. The number of amides is 2. The van der Waals surface area contributed by atoms with Gasteiger partial charge in [0.1, 0.15) is 0 Å². The quantitative estimate of drug-likeness (QED) is 0.740. The van der Waals surface area contributed by atoms with Crippen molar-refractivity contribution in [3.8, 4) is 11.8 Å². The molecule has 0 saturated carbocycles. The van der Waals surface area contributed by atoms with E-state index in [-0.39, 0.29) is 6.03 Å². The number of carbonyl (C=O) groups is 1. The Labute approximate surface area is 124 Å². The van der Waals surface area contributed by atoms with Crippen molar-refractivity contribution in [1.29, 1.82) is 0 Å². The van der Waals surface area contributed by atoms with Gasteiger partial charge in [-0.05, 0) is 42.8 Å². The van der Waals surface area contributed by atoms with Crippen molar-refractivity contribution >= 4 is 17.4 Å². The summed E-state index contributed by atoms with van der Waals surface area (Å²) in [7, 11) is 0. The fraction of sp³-hybridized carbons (Fsp3) is 0.118. The molecule has 0 unspecified atom stereocenters. The minimum absolute atomic E-state index is 0.273. The van der Waals surface area contributed by atoms with E-state index < -0.39 is 0 Å². The third kappa shape index (κ3) is 4.37.